The molecule has 0 N–H and O–H groups in total. The second-order valence-corrected chi connectivity index (χ2v) is 7.36. The first-order chi connectivity index (χ1) is 11.5. The van der Waals surface area contributed by atoms with Crippen LogP contribution < -0.4 is 0 Å². The predicted molar refractivity (Wildman–Crippen MR) is 93.3 cm³/mol. The Morgan fingerprint density at radius 2 is 1.92 bits per heavy atom. The molecule has 1 aliphatic heterocycles. The molecule has 0 radical (unpaired) electrons. The summed E-state index contributed by atoms with van der Waals surface area (Å²) >= 11 is 0. The molecule has 4 rings (SSSR count). The summed E-state index contributed by atoms with van der Waals surface area (Å²) in [4.78, 5) is 14.0. The molecule has 2 aromatic rings. The number of halogens is 1. The molecule has 0 aromatic heterocycles. The molecule has 2 aliphatic rings. The van der Waals surface area contributed by atoms with Crippen molar-refractivity contribution in [3.63, 3.8) is 0 Å². The Morgan fingerprint density at radius 1 is 1.12 bits per heavy atom. The highest BCUT2D eigenvalue weighted by Crippen LogP contribution is 2.46. The zero-order valence-electron chi connectivity index (χ0n) is 14.2. The van der Waals surface area contributed by atoms with Crippen LogP contribution >= 0.6 is 0 Å². The summed E-state index contributed by atoms with van der Waals surface area (Å²) in [5.41, 5.74) is 4.71. The molecule has 2 atom stereocenters. The summed E-state index contributed by atoms with van der Waals surface area (Å²) in [6.07, 6.45) is 3.50. The highest BCUT2D eigenvalue weighted by molar-refractivity contribution is 5.78. The van der Waals surface area contributed by atoms with Crippen molar-refractivity contribution < 1.29 is 9.18 Å². The first-order valence-corrected chi connectivity index (χ1v) is 8.64. The number of aryl methyl sites for hydroxylation is 1. The normalized spacial score (nSPS) is 26.0. The van der Waals surface area contributed by atoms with Gasteiger partial charge < -0.3 is 4.90 Å². The van der Waals surface area contributed by atoms with Crippen molar-refractivity contribution in [1.82, 2.24) is 4.90 Å². The van der Waals surface area contributed by atoms with Crippen molar-refractivity contribution in [1.29, 1.82) is 0 Å². The van der Waals surface area contributed by atoms with E-state index in [4.69, 9.17) is 0 Å². The van der Waals surface area contributed by atoms with E-state index in [9.17, 15) is 9.18 Å². The van der Waals surface area contributed by atoms with E-state index >= 15 is 0 Å². The lowest BCUT2D eigenvalue weighted by Gasteiger charge is -2.50. The standard InChI is InChI=1S/C21H22FNO/c1-21-11-10-20(24)23(2)19(21)9-7-16-12-15(6-8-18(16)21)14-4-3-5-17(22)13-14/h3-6,8,12-13,19H,7,9-11H2,1-2H3/t19?,21-/m1/s1. The highest BCUT2D eigenvalue weighted by atomic mass is 19.1. The second-order valence-electron chi connectivity index (χ2n) is 7.36. The summed E-state index contributed by atoms with van der Waals surface area (Å²) in [7, 11) is 1.94. The minimum atomic E-state index is -0.204. The number of amides is 1. The Kier molecular flexibility index (Phi) is 3.48. The average Bonchev–Trinajstić information content (AvgIpc) is 2.58. The number of benzene rings is 2. The number of carbonyl (C=O) groups excluding carboxylic acids is 1. The molecule has 0 bridgehead atoms. The predicted octanol–water partition coefficient (Wildman–Crippen LogP) is 4.32. The number of nitrogens with zero attached hydrogens (tertiary/aromatic N) is 1. The van der Waals surface area contributed by atoms with E-state index < -0.39 is 0 Å². The number of fused-ring (bicyclic) bond motifs is 3. The van der Waals surface area contributed by atoms with Crippen LogP contribution in [0.15, 0.2) is 42.5 Å². The molecule has 1 aliphatic carbocycles. The second kappa shape index (κ2) is 5.44. The fraction of sp³-hybridized carbons (Fsp3) is 0.381. The van der Waals surface area contributed by atoms with Crippen LogP contribution in [-0.4, -0.2) is 23.9 Å². The fourth-order valence-electron chi connectivity index (χ4n) is 4.63. The van der Waals surface area contributed by atoms with Gasteiger partial charge in [-0.25, -0.2) is 4.39 Å². The molecule has 0 spiro atoms. The molecule has 0 saturated carbocycles. The first kappa shape index (κ1) is 15.4. The van der Waals surface area contributed by atoms with Crippen LogP contribution in [0, 0.1) is 5.82 Å². The molecular formula is C21H22FNO. The molecule has 1 unspecified atom stereocenters. The SMILES string of the molecule is CN1C(=O)CC[C@]2(C)c3ccc(-c4cccc(F)c4)cc3CCC12. The number of rotatable bonds is 1. The summed E-state index contributed by atoms with van der Waals surface area (Å²) in [6.45, 7) is 2.29. The molecule has 1 saturated heterocycles. The monoisotopic (exact) mass is 323 g/mol. The zero-order valence-corrected chi connectivity index (χ0v) is 14.2. The van der Waals surface area contributed by atoms with Crippen LogP contribution in [0.2, 0.25) is 0 Å². The van der Waals surface area contributed by atoms with Gasteiger partial charge in [0.05, 0.1) is 0 Å². The maximum Gasteiger partial charge on any atom is 0.222 e. The third-order valence-corrected chi connectivity index (χ3v) is 6.02. The van der Waals surface area contributed by atoms with Gasteiger partial charge in [0.25, 0.3) is 0 Å². The summed E-state index contributed by atoms with van der Waals surface area (Å²) in [5, 5.41) is 0. The van der Waals surface area contributed by atoms with Crippen molar-refractivity contribution in [2.45, 2.75) is 44.1 Å². The third kappa shape index (κ3) is 2.26. The lowest BCUT2D eigenvalue weighted by Crippen LogP contribution is -2.56. The molecule has 24 heavy (non-hydrogen) atoms. The fourth-order valence-corrected chi connectivity index (χ4v) is 4.63. The number of piperidine rings is 1. The Bertz CT molecular complexity index is 815. The number of likely N-dealkylation sites (N-methyl/N-ethyl adjacent to an activating group) is 1. The number of carbonyl (C=O) groups is 1. The lowest BCUT2D eigenvalue weighted by atomic mass is 9.63. The number of likely N-dealkylation sites (tertiary alicyclic amines) is 1. The topological polar surface area (TPSA) is 20.3 Å². The van der Waals surface area contributed by atoms with Gasteiger partial charge in [-0.05, 0) is 53.6 Å². The minimum Gasteiger partial charge on any atom is -0.342 e. The van der Waals surface area contributed by atoms with Gasteiger partial charge in [-0.15, -0.1) is 0 Å². The van der Waals surface area contributed by atoms with Crippen LogP contribution in [-0.2, 0) is 16.6 Å². The molecule has 3 heteroatoms. The van der Waals surface area contributed by atoms with Crippen molar-refractivity contribution >= 4 is 5.91 Å². The van der Waals surface area contributed by atoms with Crippen molar-refractivity contribution in [3.05, 3.63) is 59.4 Å². The van der Waals surface area contributed by atoms with E-state index in [1.807, 2.05) is 18.0 Å². The lowest BCUT2D eigenvalue weighted by molar-refractivity contribution is -0.138. The van der Waals surface area contributed by atoms with Crippen molar-refractivity contribution in [3.8, 4) is 11.1 Å². The average molecular weight is 323 g/mol. The van der Waals surface area contributed by atoms with Gasteiger partial charge in [0, 0.05) is 24.9 Å². The third-order valence-electron chi connectivity index (χ3n) is 6.02. The highest BCUT2D eigenvalue weighted by Gasteiger charge is 2.46. The van der Waals surface area contributed by atoms with E-state index in [2.05, 4.69) is 25.1 Å². The smallest absolute Gasteiger partial charge is 0.222 e. The Morgan fingerprint density at radius 3 is 2.71 bits per heavy atom. The maximum absolute atomic E-state index is 13.5. The van der Waals surface area contributed by atoms with Crippen LogP contribution in [0.1, 0.15) is 37.3 Å². The van der Waals surface area contributed by atoms with E-state index in [1.165, 1.54) is 17.2 Å². The quantitative estimate of drug-likeness (QED) is 0.765. The summed E-state index contributed by atoms with van der Waals surface area (Å²) in [5.74, 6) is 0.0574. The van der Waals surface area contributed by atoms with Gasteiger partial charge >= 0.3 is 0 Å². The van der Waals surface area contributed by atoms with E-state index in [-0.39, 0.29) is 23.2 Å². The van der Waals surface area contributed by atoms with Crippen molar-refractivity contribution in [2.24, 2.45) is 0 Å². The molecule has 124 valence electrons. The van der Waals surface area contributed by atoms with E-state index in [1.54, 1.807) is 12.1 Å². The molecular weight excluding hydrogens is 301 g/mol. The van der Waals surface area contributed by atoms with Gasteiger partial charge in [0.1, 0.15) is 5.82 Å². The first-order valence-electron chi connectivity index (χ1n) is 8.64. The van der Waals surface area contributed by atoms with Gasteiger partial charge in [-0.1, -0.05) is 37.3 Å². The molecule has 2 nitrogen and oxygen atoms in total. The van der Waals surface area contributed by atoms with Gasteiger partial charge in [0.15, 0.2) is 0 Å². The Labute approximate surface area is 142 Å². The van der Waals surface area contributed by atoms with Gasteiger partial charge in [0.2, 0.25) is 5.91 Å². The minimum absolute atomic E-state index is 0.0245. The number of hydrogen-bond donors (Lipinski definition) is 0. The van der Waals surface area contributed by atoms with Gasteiger partial charge in [-0.3, -0.25) is 4.79 Å². The largest absolute Gasteiger partial charge is 0.342 e. The Balaban J connectivity index is 1.76. The zero-order chi connectivity index (χ0) is 16.9. The van der Waals surface area contributed by atoms with Crippen LogP contribution in [0.5, 0.6) is 0 Å². The molecule has 1 amide bonds. The van der Waals surface area contributed by atoms with Crippen LogP contribution in [0.3, 0.4) is 0 Å². The van der Waals surface area contributed by atoms with Gasteiger partial charge in [-0.2, -0.15) is 0 Å². The maximum atomic E-state index is 13.5. The molecule has 2 aromatic carbocycles. The van der Waals surface area contributed by atoms with E-state index in [0.29, 0.717) is 6.42 Å². The van der Waals surface area contributed by atoms with Crippen LogP contribution in [0.25, 0.3) is 11.1 Å². The van der Waals surface area contributed by atoms with Crippen molar-refractivity contribution in [2.75, 3.05) is 7.05 Å². The summed E-state index contributed by atoms with van der Waals surface area (Å²) < 4.78 is 13.5. The Hall–Kier alpha value is -2.16. The number of hydrogen-bond acceptors (Lipinski definition) is 1. The molecule has 1 heterocycles. The molecule has 1 fully saturated rings. The van der Waals surface area contributed by atoms with Crippen LogP contribution in [0.4, 0.5) is 4.39 Å². The van der Waals surface area contributed by atoms with E-state index in [0.717, 1.165) is 30.4 Å². The summed E-state index contributed by atoms with van der Waals surface area (Å²) in [6, 6.07) is 13.6.